The smallest absolute Gasteiger partial charge is 0.327 e. The Kier molecular flexibility index (Phi) is 3.46. The molecule has 3 aliphatic heterocycles. The Labute approximate surface area is 137 Å². The first-order chi connectivity index (χ1) is 11.2. The summed E-state index contributed by atoms with van der Waals surface area (Å²) < 4.78 is 15.2. The van der Waals surface area contributed by atoms with Gasteiger partial charge in [0.15, 0.2) is 6.04 Å². The highest BCUT2D eigenvalue weighted by Crippen LogP contribution is 2.51. The minimum Gasteiger partial charge on any atom is -0.480 e. The molecule has 3 saturated heterocycles. The minimum atomic E-state index is -0.975. The molecule has 3 fully saturated rings. The first-order valence-electron chi connectivity index (χ1n) is 8.72. The van der Waals surface area contributed by atoms with Crippen molar-refractivity contribution in [2.45, 2.75) is 61.7 Å². The number of carboxylic acid groups (broad SMARTS) is 1. The fraction of sp³-hybridized carbons (Fsp3) is 0.800. The van der Waals surface area contributed by atoms with Gasteiger partial charge in [0.05, 0.1) is 6.34 Å². The fourth-order valence-corrected chi connectivity index (χ4v) is 4.85. The number of β-lactam (4-membered cyclic amide) rings is 1. The van der Waals surface area contributed by atoms with Crippen molar-refractivity contribution in [2.75, 3.05) is 13.1 Å². The normalized spacial score (nSPS) is 42.5. The molecule has 5 atom stereocenters. The number of hydrogen-bond donors (Lipinski definition) is 1. The summed E-state index contributed by atoms with van der Waals surface area (Å²) in [5.74, 6) is -1.21. The van der Waals surface area contributed by atoms with Crippen molar-refractivity contribution < 1.29 is 17.4 Å². The molecule has 1 amide bonds. The second-order valence-corrected chi connectivity index (χ2v) is 8.19. The predicted octanol–water partition coefficient (Wildman–Crippen LogP) is 1.41. The van der Waals surface area contributed by atoms with Crippen molar-refractivity contribution in [2.24, 2.45) is 4.99 Å². The SMILES string of the molecule is [3H]C1CCCN(C=N[C@@H]2C(=O)N3[C@@H]2SC(C)(C)[C@@H]3C(=O)O)CC1[3H]. The second kappa shape index (κ2) is 5.76. The largest absolute Gasteiger partial charge is 0.480 e. The number of thioether (sulfide) groups is 1. The summed E-state index contributed by atoms with van der Waals surface area (Å²) in [4.78, 5) is 31.6. The maximum atomic E-state index is 12.4. The van der Waals surface area contributed by atoms with Crippen molar-refractivity contribution in [1.82, 2.24) is 9.80 Å². The molecule has 0 radical (unpaired) electrons. The van der Waals surface area contributed by atoms with E-state index in [2.05, 4.69) is 4.99 Å². The second-order valence-electron chi connectivity index (χ2n) is 6.42. The van der Waals surface area contributed by atoms with Crippen LogP contribution < -0.4 is 0 Å². The Morgan fingerprint density at radius 1 is 1.45 bits per heavy atom. The number of hydrogen-bond acceptors (Lipinski definition) is 4. The van der Waals surface area contributed by atoms with E-state index in [1.165, 1.54) is 16.7 Å². The summed E-state index contributed by atoms with van der Waals surface area (Å²) in [5.41, 5.74) is 0. The maximum absolute atomic E-state index is 12.4. The lowest BCUT2D eigenvalue weighted by Gasteiger charge is -2.41. The molecular weight excluding hydrogens is 302 g/mol. The van der Waals surface area contributed by atoms with Crippen LogP contribution in [0.1, 0.15) is 42.2 Å². The molecular formula is C15H23N3O3S. The van der Waals surface area contributed by atoms with E-state index in [4.69, 9.17) is 2.74 Å². The molecule has 0 spiro atoms. The van der Waals surface area contributed by atoms with Gasteiger partial charge in [-0.15, -0.1) is 11.8 Å². The van der Waals surface area contributed by atoms with Gasteiger partial charge in [0.1, 0.15) is 11.4 Å². The molecule has 2 unspecified atom stereocenters. The number of nitrogens with zero attached hydrogens (tertiary/aromatic N) is 3. The lowest BCUT2D eigenvalue weighted by Crippen LogP contribution is -2.65. The van der Waals surface area contributed by atoms with Crippen molar-refractivity contribution >= 4 is 30.0 Å². The third kappa shape index (κ3) is 2.59. The van der Waals surface area contributed by atoms with Crippen LogP contribution in [0.5, 0.6) is 0 Å². The van der Waals surface area contributed by atoms with Crippen molar-refractivity contribution in [3.63, 3.8) is 0 Å². The maximum Gasteiger partial charge on any atom is 0.327 e. The number of amides is 1. The number of carbonyl (C=O) groups is 2. The van der Waals surface area contributed by atoms with Gasteiger partial charge in [0.2, 0.25) is 0 Å². The summed E-state index contributed by atoms with van der Waals surface area (Å²) >= 11 is 1.48. The van der Waals surface area contributed by atoms with Crippen LogP contribution in [0.4, 0.5) is 0 Å². The molecule has 0 aliphatic carbocycles. The van der Waals surface area contributed by atoms with Crippen LogP contribution in [0.25, 0.3) is 0 Å². The van der Waals surface area contributed by atoms with Gasteiger partial charge in [-0.3, -0.25) is 9.79 Å². The highest BCUT2D eigenvalue weighted by molar-refractivity contribution is 8.01. The van der Waals surface area contributed by atoms with Gasteiger partial charge in [0.25, 0.3) is 5.91 Å². The van der Waals surface area contributed by atoms with Gasteiger partial charge in [0, 0.05) is 20.6 Å². The lowest BCUT2D eigenvalue weighted by atomic mass is 9.96. The van der Waals surface area contributed by atoms with E-state index >= 15 is 0 Å². The van der Waals surface area contributed by atoms with Gasteiger partial charge >= 0.3 is 5.97 Å². The molecule has 0 bridgehead atoms. The average molecular weight is 329 g/mol. The van der Waals surface area contributed by atoms with E-state index in [0.29, 0.717) is 13.0 Å². The van der Waals surface area contributed by atoms with Gasteiger partial charge in [-0.2, -0.15) is 0 Å². The molecule has 0 aromatic heterocycles. The standard InChI is InChI=1S/C15H23N3O3S/c1-15(2)11(14(20)21)18-12(19)10(13(18)22-15)16-9-17-7-5-3-4-6-8-17/h9-11,13H,3-8H2,1-2H3,(H,20,21)/t10-,11+,13-/m1/s1/i3T,5T/t3?,5?,10-,11+,13-. The van der Waals surface area contributed by atoms with E-state index in [1.54, 1.807) is 6.34 Å². The van der Waals surface area contributed by atoms with Gasteiger partial charge in [-0.1, -0.05) is 12.8 Å². The zero-order valence-corrected chi connectivity index (χ0v) is 13.6. The molecule has 0 aromatic rings. The van der Waals surface area contributed by atoms with Gasteiger partial charge in [-0.05, 0) is 26.7 Å². The van der Waals surface area contributed by atoms with E-state index < -0.39 is 29.2 Å². The third-order valence-electron chi connectivity index (χ3n) is 4.36. The van der Waals surface area contributed by atoms with Crippen LogP contribution in [0.15, 0.2) is 4.99 Å². The zero-order valence-electron chi connectivity index (χ0n) is 14.8. The van der Waals surface area contributed by atoms with Crippen molar-refractivity contribution in [3.8, 4) is 0 Å². The fourth-order valence-electron chi connectivity index (χ4n) is 3.23. The van der Waals surface area contributed by atoms with Crippen LogP contribution in [-0.2, 0) is 9.59 Å². The van der Waals surface area contributed by atoms with Crippen LogP contribution in [0, 0.1) is 0 Å². The van der Waals surface area contributed by atoms with Crippen LogP contribution >= 0.6 is 11.8 Å². The van der Waals surface area contributed by atoms with Crippen LogP contribution in [0.3, 0.4) is 0 Å². The summed E-state index contributed by atoms with van der Waals surface area (Å²) in [7, 11) is 0. The molecule has 7 heteroatoms. The van der Waals surface area contributed by atoms with E-state index in [1.807, 2.05) is 18.7 Å². The minimum absolute atomic E-state index is 0.229. The Morgan fingerprint density at radius 2 is 2.23 bits per heavy atom. The molecule has 1 N–H and O–H groups in total. The number of carboxylic acids is 1. The summed E-state index contributed by atoms with van der Waals surface area (Å²) in [6.45, 7) is 4.87. The third-order valence-corrected chi connectivity index (χ3v) is 5.92. The molecule has 0 aromatic carbocycles. The number of rotatable bonds is 3. The number of carbonyl (C=O) groups excluding carboxylic acids is 1. The topological polar surface area (TPSA) is 73.2 Å². The van der Waals surface area contributed by atoms with E-state index in [-0.39, 0.29) is 17.7 Å². The van der Waals surface area contributed by atoms with Crippen molar-refractivity contribution in [1.29, 1.82) is 0 Å². The van der Waals surface area contributed by atoms with E-state index in [9.17, 15) is 14.7 Å². The van der Waals surface area contributed by atoms with Gasteiger partial charge in [-0.25, -0.2) is 4.79 Å². The molecule has 3 aliphatic rings. The molecule has 0 saturated carbocycles. The highest BCUT2D eigenvalue weighted by atomic mass is 32.2. The van der Waals surface area contributed by atoms with E-state index in [0.717, 1.165) is 13.0 Å². The quantitative estimate of drug-likeness (QED) is 0.481. The van der Waals surface area contributed by atoms with Crippen LogP contribution in [-0.4, -0.2) is 68.4 Å². The van der Waals surface area contributed by atoms with Crippen molar-refractivity contribution in [3.05, 3.63) is 0 Å². The Balaban J connectivity index is 1.67. The first-order valence-corrected chi connectivity index (χ1v) is 8.45. The molecule has 122 valence electrons. The highest BCUT2D eigenvalue weighted by Gasteiger charge is 2.63. The number of likely N-dealkylation sites (tertiary alicyclic amines) is 1. The van der Waals surface area contributed by atoms with Crippen LogP contribution in [0.2, 0.25) is 0 Å². The van der Waals surface area contributed by atoms with Gasteiger partial charge < -0.3 is 14.9 Å². The first kappa shape index (κ1) is 13.2. The monoisotopic (exact) mass is 329 g/mol. The molecule has 22 heavy (non-hydrogen) atoms. The summed E-state index contributed by atoms with van der Waals surface area (Å²) in [6.07, 6.45) is 2.34. The Bertz CT molecular complexity index is 574. The molecule has 3 heterocycles. The average Bonchev–Trinajstić information content (AvgIpc) is 2.63. The zero-order chi connectivity index (χ0) is 17.6. The lowest BCUT2D eigenvalue weighted by molar-refractivity contribution is -0.158. The summed E-state index contributed by atoms with van der Waals surface area (Å²) in [5, 5.41) is 9.17. The number of fused-ring (bicyclic) bond motifs is 1. The predicted molar refractivity (Wildman–Crippen MR) is 86.0 cm³/mol. The Morgan fingerprint density at radius 3 is 2.95 bits per heavy atom. The molecule has 6 nitrogen and oxygen atoms in total. The number of aliphatic imine (C=N–C) groups is 1. The summed E-state index contributed by atoms with van der Waals surface area (Å²) in [6, 6.07) is -1.36. The Hall–Kier alpha value is -1.24. The number of aliphatic carboxylic acids is 1. The molecule has 3 rings (SSSR count).